The van der Waals surface area contributed by atoms with Gasteiger partial charge >= 0.3 is 0 Å². The molecule has 0 bridgehead atoms. The number of fused-ring (bicyclic) bond motifs is 6. The van der Waals surface area contributed by atoms with Gasteiger partial charge in [0, 0.05) is 33.0 Å². The highest BCUT2D eigenvalue weighted by molar-refractivity contribution is 6.42. The van der Waals surface area contributed by atoms with Crippen LogP contribution in [-0.4, -0.2) is 11.6 Å². The molecule has 0 atom stereocenters. The van der Waals surface area contributed by atoms with Gasteiger partial charge in [-0.2, -0.15) is 0 Å². The van der Waals surface area contributed by atoms with E-state index in [2.05, 4.69) is 50.2 Å². The zero-order valence-corrected chi connectivity index (χ0v) is 20.9. The number of rotatable bonds is 0. The van der Waals surface area contributed by atoms with Gasteiger partial charge in [0.1, 0.15) is 0 Å². The van der Waals surface area contributed by atoms with Crippen molar-refractivity contribution < 1.29 is 9.59 Å². The van der Waals surface area contributed by atoms with Crippen LogP contribution in [0.4, 0.5) is 0 Å². The van der Waals surface area contributed by atoms with Crippen LogP contribution in [-0.2, 0) is 0 Å². The highest BCUT2D eigenvalue weighted by Gasteiger charge is 2.31. The quantitative estimate of drug-likeness (QED) is 0.159. The van der Waals surface area contributed by atoms with E-state index in [9.17, 15) is 9.59 Å². The van der Waals surface area contributed by atoms with Crippen molar-refractivity contribution in [2.75, 3.05) is 0 Å². The van der Waals surface area contributed by atoms with Gasteiger partial charge in [-0.1, -0.05) is 72.8 Å². The monoisotopic (exact) mass is 484 g/mol. The topological polar surface area (TPSA) is 34.1 Å². The van der Waals surface area contributed by atoms with Gasteiger partial charge in [0.2, 0.25) is 0 Å². The number of hydrogen-bond acceptors (Lipinski definition) is 2. The standard InChI is InChI=1S/C36H20O2/c1-17-15-27-19-7-3-5-9-21(19)35(37)25-14-12-24-30-18(2)16-28-20-8-4-6-10-22(20)36(38)26-13-11-23(34(30)32(26)28)29(17)33(24)31(25)27/h3-16H,1-2H3. The summed E-state index contributed by atoms with van der Waals surface area (Å²) in [5.74, 6) is 0.175. The van der Waals surface area contributed by atoms with Crippen LogP contribution in [0.2, 0.25) is 0 Å². The van der Waals surface area contributed by atoms with Crippen molar-refractivity contribution in [3.63, 3.8) is 0 Å². The predicted molar refractivity (Wildman–Crippen MR) is 155 cm³/mol. The molecule has 38 heavy (non-hydrogen) atoms. The van der Waals surface area contributed by atoms with Crippen molar-refractivity contribution in [1.82, 2.24) is 0 Å². The van der Waals surface area contributed by atoms with Crippen molar-refractivity contribution in [3.8, 4) is 22.3 Å². The molecular weight excluding hydrogens is 464 g/mol. The van der Waals surface area contributed by atoms with Gasteiger partial charge in [-0.25, -0.2) is 0 Å². The first kappa shape index (κ1) is 20.3. The molecule has 0 heterocycles. The lowest BCUT2D eigenvalue weighted by Gasteiger charge is -2.27. The highest BCUT2D eigenvalue weighted by atomic mass is 16.1. The largest absolute Gasteiger partial charge is 0.289 e. The minimum Gasteiger partial charge on any atom is -0.289 e. The Morgan fingerprint density at radius 2 is 0.763 bits per heavy atom. The molecule has 9 rings (SSSR count). The maximum Gasteiger partial charge on any atom is 0.194 e. The molecule has 176 valence electrons. The molecule has 2 nitrogen and oxygen atoms in total. The van der Waals surface area contributed by atoms with Crippen LogP contribution < -0.4 is 0 Å². The van der Waals surface area contributed by atoms with E-state index in [1.165, 1.54) is 21.9 Å². The second-order valence-electron chi connectivity index (χ2n) is 10.8. The summed E-state index contributed by atoms with van der Waals surface area (Å²) in [6, 6.07) is 28.7. The lowest BCUT2D eigenvalue weighted by Crippen LogP contribution is -2.12. The van der Waals surface area contributed by atoms with Crippen LogP contribution in [0.25, 0.3) is 65.3 Å². The zero-order chi connectivity index (χ0) is 25.4. The number of aryl methyl sites for hydroxylation is 2. The fourth-order valence-electron chi connectivity index (χ4n) is 7.44. The first-order valence-electron chi connectivity index (χ1n) is 13.0. The minimum absolute atomic E-state index is 0.0874. The number of benzene rings is 7. The lowest BCUT2D eigenvalue weighted by atomic mass is 9.75. The predicted octanol–water partition coefficient (Wildman–Crippen LogP) is 8.78. The van der Waals surface area contributed by atoms with Crippen LogP contribution in [0.5, 0.6) is 0 Å². The molecule has 0 radical (unpaired) electrons. The van der Waals surface area contributed by atoms with E-state index in [-0.39, 0.29) is 11.6 Å². The maximum atomic E-state index is 13.7. The molecule has 2 heteroatoms. The molecule has 0 aliphatic heterocycles. The minimum atomic E-state index is 0.0874. The molecule has 0 amide bonds. The molecule has 0 N–H and O–H groups in total. The summed E-state index contributed by atoms with van der Waals surface area (Å²) in [4.78, 5) is 27.3. The summed E-state index contributed by atoms with van der Waals surface area (Å²) in [5.41, 5.74) is 9.72. The molecule has 2 aliphatic rings. The van der Waals surface area contributed by atoms with Crippen molar-refractivity contribution >= 4 is 54.7 Å². The van der Waals surface area contributed by atoms with Gasteiger partial charge in [0.15, 0.2) is 11.6 Å². The van der Waals surface area contributed by atoms with Crippen LogP contribution in [0.3, 0.4) is 0 Å². The van der Waals surface area contributed by atoms with Crippen molar-refractivity contribution in [3.05, 3.63) is 118 Å². The fraction of sp³-hybridized carbons (Fsp3) is 0.0556. The molecule has 0 aromatic heterocycles. The van der Waals surface area contributed by atoms with Crippen molar-refractivity contribution in [1.29, 1.82) is 0 Å². The average molecular weight is 485 g/mol. The van der Waals surface area contributed by atoms with Gasteiger partial charge in [0.05, 0.1) is 0 Å². The van der Waals surface area contributed by atoms with Crippen LogP contribution in [0.15, 0.2) is 84.9 Å². The van der Waals surface area contributed by atoms with E-state index in [1.807, 2.05) is 48.5 Å². The molecule has 0 spiro atoms. The first-order chi connectivity index (χ1) is 18.5. The molecule has 2 aliphatic carbocycles. The third kappa shape index (κ3) is 2.14. The first-order valence-corrected chi connectivity index (χ1v) is 13.0. The van der Waals surface area contributed by atoms with Gasteiger partial charge in [0.25, 0.3) is 0 Å². The second kappa shape index (κ2) is 6.54. The Morgan fingerprint density at radius 3 is 1.18 bits per heavy atom. The fourth-order valence-corrected chi connectivity index (χ4v) is 7.44. The van der Waals surface area contributed by atoms with E-state index >= 15 is 0 Å². The number of carbonyl (C=O) groups is 2. The summed E-state index contributed by atoms with van der Waals surface area (Å²) < 4.78 is 0. The number of carbonyl (C=O) groups excluding carboxylic acids is 2. The summed E-state index contributed by atoms with van der Waals surface area (Å²) in [5, 5.41) is 9.05. The Labute approximate surface area is 218 Å². The number of hydrogen-bond donors (Lipinski definition) is 0. The highest BCUT2D eigenvalue weighted by Crippen LogP contribution is 2.52. The van der Waals surface area contributed by atoms with E-state index in [1.54, 1.807) is 0 Å². The Morgan fingerprint density at radius 1 is 0.368 bits per heavy atom. The molecule has 0 saturated heterocycles. The second-order valence-corrected chi connectivity index (χ2v) is 10.8. The van der Waals surface area contributed by atoms with Crippen LogP contribution >= 0.6 is 0 Å². The lowest BCUT2D eigenvalue weighted by molar-refractivity contribution is 0.103. The van der Waals surface area contributed by atoms with Crippen molar-refractivity contribution in [2.24, 2.45) is 0 Å². The Kier molecular flexibility index (Phi) is 3.49. The normalized spacial score (nSPS) is 13.6. The molecule has 0 saturated carbocycles. The van der Waals surface area contributed by atoms with E-state index < -0.39 is 0 Å². The number of ketones is 2. The summed E-state index contributed by atoms with van der Waals surface area (Å²) in [6.07, 6.45) is 0. The molecule has 0 fully saturated rings. The molecule has 7 aromatic carbocycles. The Hall–Kier alpha value is -4.82. The van der Waals surface area contributed by atoms with Gasteiger partial charge in [-0.15, -0.1) is 0 Å². The third-order valence-corrected chi connectivity index (χ3v) is 8.91. The summed E-state index contributed by atoms with van der Waals surface area (Å²) in [7, 11) is 0. The maximum absolute atomic E-state index is 13.7. The summed E-state index contributed by atoms with van der Waals surface area (Å²) in [6.45, 7) is 4.35. The third-order valence-electron chi connectivity index (χ3n) is 8.91. The zero-order valence-electron chi connectivity index (χ0n) is 20.9. The average Bonchev–Trinajstić information content (AvgIpc) is 2.94. The Bertz CT molecular complexity index is 2120. The van der Waals surface area contributed by atoms with E-state index in [4.69, 9.17) is 0 Å². The van der Waals surface area contributed by atoms with E-state index in [0.29, 0.717) is 0 Å². The van der Waals surface area contributed by atoms with Gasteiger partial charge < -0.3 is 0 Å². The summed E-state index contributed by atoms with van der Waals surface area (Å²) >= 11 is 0. The van der Waals surface area contributed by atoms with E-state index in [0.717, 1.165) is 76.8 Å². The Balaban J connectivity index is 1.58. The molecule has 0 unspecified atom stereocenters. The van der Waals surface area contributed by atoms with Gasteiger partial charge in [-0.3, -0.25) is 9.59 Å². The molecular formula is C36H20O2. The van der Waals surface area contributed by atoms with Crippen LogP contribution in [0, 0.1) is 13.8 Å². The molecule has 7 aromatic rings. The van der Waals surface area contributed by atoms with Gasteiger partial charge in [-0.05, 0) is 91.7 Å². The smallest absolute Gasteiger partial charge is 0.194 e. The van der Waals surface area contributed by atoms with Crippen LogP contribution in [0.1, 0.15) is 43.0 Å². The SMILES string of the molecule is Cc1cc2c3c(ccc4c5c(C)cc6c7c(ccc(c1c34)c75)C(=O)c1ccccc1-6)C(=O)c1ccccc1-2. The van der Waals surface area contributed by atoms with Crippen molar-refractivity contribution in [2.45, 2.75) is 13.8 Å².